The van der Waals surface area contributed by atoms with Crippen molar-refractivity contribution in [3.63, 3.8) is 0 Å². The SMILES string of the molecule is O=C(Oc1nc2c([nH]1)CCCC2)c1cnn[nH]1.O=S(=O)(O)O. The maximum absolute atomic E-state index is 11.6. The highest BCUT2D eigenvalue weighted by Crippen LogP contribution is 2.21. The van der Waals surface area contributed by atoms with Crippen LogP contribution < -0.4 is 4.74 Å². The fourth-order valence-corrected chi connectivity index (χ4v) is 1.91. The number of nitrogens with zero attached hydrogens (tertiary/aromatic N) is 3. The number of nitrogens with one attached hydrogen (secondary N) is 2. The highest BCUT2D eigenvalue weighted by atomic mass is 32.3. The van der Waals surface area contributed by atoms with Crippen LogP contribution in [0, 0.1) is 0 Å². The summed E-state index contributed by atoms with van der Waals surface area (Å²) in [5.41, 5.74) is 2.28. The second kappa shape index (κ2) is 6.64. The van der Waals surface area contributed by atoms with Crippen LogP contribution in [-0.2, 0) is 23.2 Å². The van der Waals surface area contributed by atoms with Crippen molar-refractivity contribution in [3.8, 4) is 6.01 Å². The molecule has 0 amide bonds. The number of H-pyrrole nitrogens is 2. The first-order chi connectivity index (χ1) is 10.3. The van der Waals surface area contributed by atoms with Gasteiger partial charge in [-0.3, -0.25) is 14.2 Å². The number of hydrogen-bond acceptors (Lipinski definition) is 7. The summed E-state index contributed by atoms with van der Waals surface area (Å²) < 4.78 is 36.7. The monoisotopic (exact) mass is 331 g/mol. The lowest BCUT2D eigenvalue weighted by Crippen LogP contribution is -2.10. The van der Waals surface area contributed by atoms with Crippen molar-refractivity contribution in [3.05, 3.63) is 23.3 Å². The molecule has 0 fully saturated rings. The zero-order chi connectivity index (χ0) is 16.2. The average molecular weight is 331 g/mol. The minimum Gasteiger partial charge on any atom is -0.387 e. The molecule has 0 saturated carbocycles. The molecule has 0 saturated heterocycles. The summed E-state index contributed by atoms with van der Waals surface area (Å²) in [4.78, 5) is 18.9. The largest absolute Gasteiger partial charge is 0.394 e. The van der Waals surface area contributed by atoms with Crippen LogP contribution in [0.3, 0.4) is 0 Å². The van der Waals surface area contributed by atoms with E-state index >= 15 is 0 Å². The van der Waals surface area contributed by atoms with Gasteiger partial charge in [0.2, 0.25) is 0 Å². The number of aromatic nitrogens is 5. The molecule has 0 aliphatic heterocycles. The van der Waals surface area contributed by atoms with Crippen LogP contribution in [0.15, 0.2) is 6.20 Å². The maximum Gasteiger partial charge on any atom is 0.394 e. The quantitative estimate of drug-likeness (QED) is 0.435. The number of aryl methyl sites for hydroxylation is 2. The molecule has 0 unspecified atom stereocenters. The van der Waals surface area contributed by atoms with Gasteiger partial charge in [-0.25, -0.2) is 4.79 Å². The zero-order valence-electron chi connectivity index (χ0n) is 11.2. The van der Waals surface area contributed by atoms with Crippen molar-refractivity contribution in [1.29, 1.82) is 0 Å². The van der Waals surface area contributed by atoms with E-state index in [0.717, 1.165) is 37.1 Å². The minimum absolute atomic E-state index is 0.208. The van der Waals surface area contributed by atoms with Gasteiger partial charge in [0, 0.05) is 5.69 Å². The third kappa shape index (κ3) is 4.91. The fourth-order valence-electron chi connectivity index (χ4n) is 1.91. The van der Waals surface area contributed by atoms with Gasteiger partial charge in [0.1, 0.15) is 0 Å². The Morgan fingerprint density at radius 3 is 2.55 bits per heavy atom. The fraction of sp³-hybridized carbons (Fsp3) is 0.400. The number of carbonyl (C=O) groups excluding carboxylic acids is 1. The van der Waals surface area contributed by atoms with E-state index in [2.05, 4.69) is 25.4 Å². The summed E-state index contributed by atoms with van der Waals surface area (Å²) in [7, 11) is -4.67. The van der Waals surface area contributed by atoms with Crippen molar-refractivity contribution in [2.75, 3.05) is 0 Å². The summed E-state index contributed by atoms with van der Waals surface area (Å²) in [6, 6.07) is 0.247. The van der Waals surface area contributed by atoms with E-state index in [1.165, 1.54) is 6.20 Å². The van der Waals surface area contributed by atoms with Crippen molar-refractivity contribution in [1.82, 2.24) is 25.4 Å². The van der Waals surface area contributed by atoms with Gasteiger partial charge in [0.15, 0.2) is 5.69 Å². The topological polar surface area (TPSA) is 171 Å². The molecule has 0 radical (unpaired) electrons. The predicted molar refractivity (Wildman–Crippen MR) is 70.7 cm³/mol. The van der Waals surface area contributed by atoms with Gasteiger partial charge in [-0.1, -0.05) is 5.21 Å². The number of esters is 1. The van der Waals surface area contributed by atoms with Gasteiger partial charge in [-0.05, 0) is 25.7 Å². The van der Waals surface area contributed by atoms with Crippen LogP contribution in [0.5, 0.6) is 6.01 Å². The third-order valence-electron chi connectivity index (χ3n) is 2.76. The Morgan fingerprint density at radius 1 is 1.27 bits per heavy atom. The predicted octanol–water partition coefficient (Wildman–Crippen LogP) is -0.0270. The van der Waals surface area contributed by atoms with Crippen LogP contribution in [0.4, 0.5) is 0 Å². The minimum atomic E-state index is -4.67. The van der Waals surface area contributed by atoms with Crippen LogP contribution in [0.2, 0.25) is 0 Å². The molecule has 0 bridgehead atoms. The van der Waals surface area contributed by atoms with Crippen LogP contribution in [0.1, 0.15) is 34.7 Å². The van der Waals surface area contributed by atoms with E-state index in [-0.39, 0.29) is 11.7 Å². The number of ether oxygens (including phenoxy) is 1. The lowest BCUT2D eigenvalue weighted by atomic mass is 10.0. The molecule has 0 atom stereocenters. The van der Waals surface area contributed by atoms with E-state index in [0.29, 0.717) is 0 Å². The molecule has 4 N–H and O–H groups in total. The van der Waals surface area contributed by atoms with E-state index in [4.69, 9.17) is 22.3 Å². The Morgan fingerprint density at radius 2 is 1.95 bits per heavy atom. The number of aromatic amines is 2. The average Bonchev–Trinajstić information content (AvgIpc) is 3.05. The smallest absolute Gasteiger partial charge is 0.387 e. The third-order valence-corrected chi connectivity index (χ3v) is 2.76. The first kappa shape index (κ1) is 16.1. The first-order valence-electron chi connectivity index (χ1n) is 6.19. The Bertz CT molecular complexity index is 706. The molecule has 11 nitrogen and oxygen atoms in total. The zero-order valence-corrected chi connectivity index (χ0v) is 12.0. The molecule has 2 aromatic heterocycles. The lowest BCUT2D eigenvalue weighted by molar-refractivity contribution is 0.0714. The van der Waals surface area contributed by atoms with E-state index < -0.39 is 16.4 Å². The summed E-state index contributed by atoms with van der Waals surface area (Å²) >= 11 is 0. The second-order valence-corrected chi connectivity index (χ2v) is 5.28. The molecule has 0 aromatic carbocycles. The molecule has 1 aliphatic carbocycles. The normalized spacial score (nSPS) is 13.7. The summed E-state index contributed by atoms with van der Waals surface area (Å²) in [6.45, 7) is 0. The Hall–Kier alpha value is -2.31. The number of fused-ring (bicyclic) bond motifs is 1. The molecule has 2 heterocycles. The number of imidazole rings is 1. The van der Waals surface area contributed by atoms with Gasteiger partial charge >= 0.3 is 22.4 Å². The molecular weight excluding hydrogens is 318 g/mol. The van der Waals surface area contributed by atoms with E-state index in [1.807, 2.05) is 0 Å². The van der Waals surface area contributed by atoms with E-state index in [9.17, 15) is 4.79 Å². The summed E-state index contributed by atoms with van der Waals surface area (Å²) in [5.74, 6) is -0.541. The molecule has 3 rings (SSSR count). The van der Waals surface area contributed by atoms with E-state index in [1.54, 1.807) is 0 Å². The molecular formula is C10H13N5O6S. The van der Waals surface area contributed by atoms with Crippen molar-refractivity contribution < 1.29 is 27.1 Å². The van der Waals surface area contributed by atoms with Gasteiger partial charge < -0.3 is 9.72 Å². The molecule has 0 spiro atoms. The van der Waals surface area contributed by atoms with Crippen molar-refractivity contribution in [2.45, 2.75) is 25.7 Å². The molecule has 120 valence electrons. The number of rotatable bonds is 2. The highest BCUT2D eigenvalue weighted by Gasteiger charge is 2.18. The number of carbonyl (C=O) groups is 1. The lowest BCUT2D eigenvalue weighted by Gasteiger charge is -2.06. The highest BCUT2D eigenvalue weighted by molar-refractivity contribution is 7.79. The van der Waals surface area contributed by atoms with Gasteiger partial charge in [0.05, 0.1) is 11.9 Å². The summed E-state index contributed by atoms with van der Waals surface area (Å²) in [6.07, 6.45) is 5.49. The molecule has 22 heavy (non-hydrogen) atoms. The van der Waals surface area contributed by atoms with Crippen LogP contribution in [0.25, 0.3) is 0 Å². The van der Waals surface area contributed by atoms with Crippen LogP contribution in [-0.4, -0.2) is 48.9 Å². The Kier molecular flexibility index (Phi) is 4.85. The van der Waals surface area contributed by atoms with Crippen molar-refractivity contribution >= 4 is 16.4 Å². The number of hydrogen-bond donors (Lipinski definition) is 4. The van der Waals surface area contributed by atoms with Gasteiger partial charge in [0.25, 0.3) is 0 Å². The second-order valence-electron chi connectivity index (χ2n) is 4.38. The molecule has 1 aliphatic rings. The maximum atomic E-state index is 11.6. The van der Waals surface area contributed by atoms with Gasteiger partial charge in [-0.15, -0.1) is 5.10 Å². The Labute approximate surface area is 124 Å². The van der Waals surface area contributed by atoms with Crippen LogP contribution >= 0.6 is 0 Å². The standard InChI is InChI=1S/C10H11N5O2.H2O4S/c16-9(8-5-11-15-14-8)17-10-12-6-3-1-2-4-7(6)13-10;1-5(2,3)4/h5H,1-4H2,(H,12,13)(H,11,14,15);(H2,1,2,3,4). The molecule has 12 heteroatoms. The Balaban J connectivity index is 0.000000309. The summed E-state index contributed by atoms with van der Waals surface area (Å²) in [5, 5.41) is 9.40. The van der Waals surface area contributed by atoms with Gasteiger partial charge in [-0.2, -0.15) is 13.4 Å². The first-order valence-corrected chi connectivity index (χ1v) is 7.58. The molecule has 2 aromatic rings. The van der Waals surface area contributed by atoms with Crippen molar-refractivity contribution in [2.24, 2.45) is 0 Å².